The summed E-state index contributed by atoms with van der Waals surface area (Å²) in [6, 6.07) is 14.9. The summed E-state index contributed by atoms with van der Waals surface area (Å²) in [6.45, 7) is -0.0103. The number of nitro groups is 1. The van der Waals surface area contributed by atoms with Crippen molar-refractivity contribution in [1.82, 2.24) is 4.72 Å². The fourth-order valence-electron chi connectivity index (χ4n) is 2.62. The van der Waals surface area contributed by atoms with Crippen LogP contribution >= 0.6 is 0 Å². The summed E-state index contributed by atoms with van der Waals surface area (Å²) in [4.78, 5) is 22.8. The van der Waals surface area contributed by atoms with Crippen LogP contribution in [0.2, 0.25) is 0 Å². The Bertz CT molecular complexity index is 1130. The Balaban J connectivity index is 1.69. The molecule has 1 aromatic heterocycles. The van der Waals surface area contributed by atoms with E-state index < -0.39 is 20.9 Å². The molecule has 29 heavy (non-hydrogen) atoms. The third-order valence-corrected chi connectivity index (χ3v) is 5.38. The van der Waals surface area contributed by atoms with Gasteiger partial charge in [0.1, 0.15) is 5.76 Å². The first-order chi connectivity index (χ1) is 13.8. The first kappa shape index (κ1) is 20.2. The highest BCUT2D eigenvalue weighted by Crippen LogP contribution is 2.20. The van der Waals surface area contributed by atoms with E-state index in [9.17, 15) is 23.3 Å². The van der Waals surface area contributed by atoms with E-state index in [4.69, 9.17) is 4.42 Å². The molecule has 0 saturated heterocycles. The molecule has 0 spiro atoms. The van der Waals surface area contributed by atoms with Gasteiger partial charge in [0.05, 0.1) is 29.0 Å². The Morgan fingerprint density at radius 2 is 1.86 bits per heavy atom. The molecule has 3 rings (SSSR count). The second-order valence-electron chi connectivity index (χ2n) is 6.04. The summed E-state index contributed by atoms with van der Waals surface area (Å²) >= 11 is 0. The van der Waals surface area contributed by atoms with E-state index in [-0.39, 0.29) is 34.8 Å². The Morgan fingerprint density at radius 3 is 2.59 bits per heavy atom. The lowest BCUT2D eigenvalue weighted by molar-refractivity contribution is -0.385. The van der Waals surface area contributed by atoms with Gasteiger partial charge in [-0.2, -0.15) is 0 Å². The molecule has 9 nitrogen and oxygen atoms in total. The largest absolute Gasteiger partial charge is 0.468 e. The van der Waals surface area contributed by atoms with Gasteiger partial charge >= 0.3 is 0 Å². The van der Waals surface area contributed by atoms with Gasteiger partial charge in [0.25, 0.3) is 5.69 Å². The van der Waals surface area contributed by atoms with Crippen molar-refractivity contribution in [2.75, 3.05) is 5.32 Å². The molecule has 0 saturated carbocycles. The molecule has 0 atom stereocenters. The summed E-state index contributed by atoms with van der Waals surface area (Å²) in [5.74, 6) is -0.0418. The van der Waals surface area contributed by atoms with Crippen LogP contribution in [0.5, 0.6) is 0 Å². The van der Waals surface area contributed by atoms with Crippen molar-refractivity contribution in [3.05, 3.63) is 88.4 Å². The van der Waals surface area contributed by atoms with Crippen LogP contribution < -0.4 is 10.0 Å². The van der Waals surface area contributed by atoms with E-state index >= 15 is 0 Å². The van der Waals surface area contributed by atoms with Gasteiger partial charge in [0.15, 0.2) is 0 Å². The molecule has 150 valence electrons. The van der Waals surface area contributed by atoms with Gasteiger partial charge in [-0.1, -0.05) is 24.3 Å². The Morgan fingerprint density at radius 1 is 1.07 bits per heavy atom. The van der Waals surface area contributed by atoms with E-state index in [0.29, 0.717) is 5.76 Å². The van der Waals surface area contributed by atoms with Crippen molar-refractivity contribution in [3.63, 3.8) is 0 Å². The lowest BCUT2D eigenvalue weighted by Gasteiger charge is -2.09. The molecule has 0 aliphatic rings. The first-order valence-electron chi connectivity index (χ1n) is 8.49. The van der Waals surface area contributed by atoms with E-state index in [2.05, 4.69) is 10.0 Å². The minimum Gasteiger partial charge on any atom is -0.468 e. The summed E-state index contributed by atoms with van der Waals surface area (Å²) in [5.41, 5.74) is 0.370. The number of nitrogens with zero attached hydrogens (tertiary/aromatic N) is 1. The zero-order chi connectivity index (χ0) is 20.9. The number of rotatable bonds is 8. The normalized spacial score (nSPS) is 11.2. The number of benzene rings is 2. The minimum absolute atomic E-state index is 0.0103. The van der Waals surface area contributed by atoms with Crippen molar-refractivity contribution in [1.29, 1.82) is 0 Å². The lowest BCUT2D eigenvalue weighted by Crippen LogP contribution is -2.23. The first-order valence-corrected chi connectivity index (χ1v) is 9.98. The Labute approximate surface area is 166 Å². The molecule has 0 aliphatic heterocycles. The van der Waals surface area contributed by atoms with E-state index in [1.807, 2.05) is 0 Å². The maximum Gasteiger partial charge on any atom is 0.273 e. The van der Waals surface area contributed by atoms with Crippen LogP contribution in [0, 0.1) is 10.1 Å². The molecule has 0 bridgehead atoms. The number of hydrogen-bond donors (Lipinski definition) is 2. The van der Waals surface area contributed by atoms with Crippen LogP contribution in [-0.2, 0) is 27.8 Å². The van der Waals surface area contributed by atoms with Gasteiger partial charge in [0.2, 0.25) is 15.9 Å². The summed E-state index contributed by atoms with van der Waals surface area (Å²) in [6.07, 6.45) is 1.22. The summed E-state index contributed by atoms with van der Waals surface area (Å²) in [5, 5.41) is 13.6. The molecule has 3 aromatic rings. The molecular weight excluding hydrogens is 398 g/mol. The van der Waals surface area contributed by atoms with Crippen LogP contribution in [0.15, 0.2) is 76.2 Å². The second-order valence-corrected chi connectivity index (χ2v) is 7.81. The number of amides is 1. The number of hydrogen-bond acceptors (Lipinski definition) is 6. The highest BCUT2D eigenvalue weighted by Gasteiger charge is 2.17. The van der Waals surface area contributed by atoms with Crippen molar-refractivity contribution in [3.8, 4) is 0 Å². The summed E-state index contributed by atoms with van der Waals surface area (Å²) < 4.78 is 32.4. The van der Waals surface area contributed by atoms with E-state index in [1.54, 1.807) is 18.2 Å². The van der Waals surface area contributed by atoms with E-state index in [0.717, 1.165) is 0 Å². The molecule has 0 unspecified atom stereocenters. The van der Waals surface area contributed by atoms with Gasteiger partial charge in [-0.3, -0.25) is 14.9 Å². The van der Waals surface area contributed by atoms with Crippen LogP contribution in [0.25, 0.3) is 0 Å². The van der Waals surface area contributed by atoms with Gasteiger partial charge in [-0.25, -0.2) is 13.1 Å². The SMILES string of the molecule is O=C(Cc1ccccc1[N+](=O)[O-])Nc1cccc(S(=O)(=O)NCc2ccco2)c1. The third kappa shape index (κ3) is 5.27. The lowest BCUT2D eigenvalue weighted by atomic mass is 10.1. The van der Waals surface area contributed by atoms with Gasteiger partial charge < -0.3 is 9.73 Å². The number of sulfonamides is 1. The Hall–Kier alpha value is -3.50. The van der Waals surface area contributed by atoms with Crippen molar-refractivity contribution in [2.45, 2.75) is 17.9 Å². The molecule has 0 radical (unpaired) electrons. The average Bonchev–Trinajstić information content (AvgIpc) is 3.20. The monoisotopic (exact) mass is 415 g/mol. The van der Waals surface area contributed by atoms with E-state index in [1.165, 1.54) is 48.7 Å². The Kier molecular flexibility index (Phi) is 6.05. The van der Waals surface area contributed by atoms with Crippen molar-refractivity contribution >= 4 is 27.3 Å². The maximum absolute atomic E-state index is 12.4. The predicted octanol–water partition coefficient (Wildman–Crippen LogP) is 2.85. The standard InChI is InChI=1S/C19H17N3O6S/c23-19(11-14-5-1-2-9-18(14)22(24)25)21-15-6-3-8-17(12-15)29(26,27)20-13-16-7-4-10-28-16/h1-10,12,20H,11,13H2,(H,21,23). The van der Waals surface area contributed by atoms with Crippen molar-refractivity contribution in [2.24, 2.45) is 0 Å². The number of furan rings is 1. The highest BCUT2D eigenvalue weighted by atomic mass is 32.2. The minimum atomic E-state index is -3.82. The molecule has 2 aromatic carbocycles. The molecular formula is C19H17N3O6S. The quantitative estimate of drug-likeness (QED) is 0.429. The number of para-hydroxylation sites is 1. The maximum atomic E-state index is 12.4. The molecule has 1 heterocycles. The fraction of sp³-hybridized carbons (Fsp3) is 0.105. The molecule has 2 N–H and O–H groups in total. The average molecular weight is 415 g/mol. The van der Waals surface area contributed by atoms with Gasteiger partial charge in [0, 0.05) is 17.3 Å². The predicted molar refractivity (Wildman–Crippen MR) is 105 cm³/mol. The molecule has 1 amide bonds. The summed E-state index contributed by atoms with van der Waals surface area (Å²) in [7, 11) is -3.82. The van der Waals surface area contributed by atoms with Crippen molar-refractivity contribution < 1.29 is 22.6 Å². The van der Waals surface area contributed by atoms with Crippen LogP contribution in [-0.4, -0.2) is 19.2 Å². The number of carbonyl (C=O) groups excluding carboxylic acids is 1. The topological polar surface area (TPSA) is 132 Å². The molecule has 0 fully saturated rings. The number of nitro benzene ring substituents is 1. The third-order valence-electron chi connectivity index (χ3n) is 3.98. The van der Waals surface area contributed by atoms with Crippen LogP contribution in [0.4, 0.5) is 11.4 Å². The van der Waals surface area contributed by atoms with Crippen LogP contribution in [0.1, 0.15) is 11.3 Å². The van der Waals surface area contributed by atoms with Gasteiger partial charge in [-0.15, -0.1) is 0 Å². The zero-order valence-corrected chi connectivity index (χ0v) is 15.9. The number of nitrogens with one attached hydrogen (secondary N) is 2. The smallest absolute Gasteiger partial charge is 0.273 e. The van der Waals surface area contributed by atoms with Gasteiger partial charge in [-0.05, 0) is 30.3 Å². The number of carbonyl (C=O) groups is 1. The van der Waals surface area contributed by atoms with Crippen LogP contribution in [0.3, 0.4) is 0 Å². The second kappa shape index (κ2) is 8.67. The zero-order valence-electron chi connectivity index (χ0n) is 15.1. The highest BCUT2D eigenvalue weighted by molar-refractivity contribution is 7.89. The molecule has 10 heteroatoms. The molecule has 0 aliphatic carbocycles. The number of anilines is 1. The fourth-order valence-corrected chi connectivity index (χ4v) is 3.66.